The number of aliphatic hydroxyl groups excluding tert-OH is 1. The number of alkyl halides is 3. The van der Waals surface area contributed by atoms with Gasteiger partial charge in [0.2, 0.25) is 0 Å². The minimum Gasteiger partial charge on any atom is -0.396 e. The number of hydrogen-bond donors (Lipinski definition) is 2. The van der Waals surface area contributed by atoms with Crippen molar-refractivity contribution in [3.8, 4) is 0 Å². The molecule has 1 aromatic heterocycles. The first kappa shape index (κ1) is 25.7. The molecule has 0 spiro atoms. The van der Waals surface area contributed by atoms with Crippen LogP contribution in [0.3, 0.4) is 0 Å². The predicted octanol–water partition coefficient (Wildman–Crippen LogP) is 5.25. The lowest BCUT2D eigenvalue weighted by atomic mass is 10.1. The quantitative estimate of drug-likeness (QED) is 0.420. The lowest BCUT2D eigenvalue weighted by Gasteiger charge is -2.24. The van der Waals surface area contributed by atoms with Crippen molar-refractivity contribution in [3.63, 3.8) is 0 Å². The number of pyridine rings is 1. The zero-order chi connectivity index (χ0) is 25.9. The monoisotopic (exact) mass is 534 g/mol. The number of thioether (sulfide) groups is 1. The number of anilines is 2. The van der Waals surface area contributed by atoms with Crippen molar-refractivity contribution in [2.45, 2.75) is 12.6 Å². The molecule has 3 aromatic rings. The second-order valence-corrected chi connectivity index (χ2v) is 9.05. The number of hydrogen-bond acceptors (Lipinski definition) is 6. The predicted molar refractivity (Wildman–Crippen MR) is 135 cm³/mol. The first-order chi connectivity index (χ1) is 17.2. The summed E-state index contributed by atoms with van der Waals surface area (Å²) in [5.74, 6) is -2.55. The van der Waals surface area contributed by atoms with Crippen LogP contribution in [-0.4, -0.2) is 46.4 Å². The van der Waals surface area contributed by atoms with Crippen LogP contribution in [-0.2, 0) is 9.59 Å². The normalized spacial score (nSPS) is 14.9. The first-order valence-corrected chi connectivity index (χ1v) is 11.8. The summed E-state index contributed by atoms with van der Waals surface area (Å²) < 4.78 is 39.3. The number of nitrogens with zero attached hydrogens (tertiary/aromatic N) is 3. The van der Waals surface area contributed by atoms with Crippen molar-refractivity contribution < 1.29 is 27.9 Å². The van der Waals surface area contributed by atoms with Crippen molar-refractivity contribution in [1.82, 2.24) is 4.98 Å². The lowest BCUT2D eigenvalue weighted by molar-refractivity contribution is -0.170. The van der Waals surface area contributed by atoms with Gasteiger partial charge >= 0.3 is 12.1 Å². The first-order valence-electron chi connectivity index (χ1n) is 10.6. The Labute approximate surface area is 212 Å². The van der Waals surface area contributed by atoms with E-state index in [0.29, 0.717) is 9.81 Å². The summed E-state index contributed by atoms with van der Waals surface area (Å²) in [6.07, 6.45) is -1.79. The Balaban J connectivity index is 1.55. The molecule has 0 bridgehead atoms. The molecule has 36 heavy (non-hydrogen) atoms. The Hall–Kier alpha value is -3.41. The van der Waals surface area contributed by atoms with Gasteiger partial charge in [0.15, 0.2) is 5.17 Å². The maximum absolute atomic E-state index is 13.1. The van der Waals surface area contributed by atoms with E-state index < -0.39 is 24.6 Å². The van der Waals surface area contributed by atoms with Crippen LogP contribution in [0.2, 0.25) is 5.02 Å². The average molecular weight is 535 g/mol. The molecular weight excluding hydrogens is 517 g/mol. The molecule has 2 N–H and O–H groups in total. The van der Waals surface area contributed by atoms with E-state index in [9.17, 15) is 22.8 Å². The van der Waals surface area contributed by atoms with E-state index in [1.165, 1.54) is 18.2 Å². The van der Waals surface area contributed by atoms with Crippen LogP contribution in [0.5, 0.6) is 0 Å². The number of carbonyl (C=O) groups excluding carboxylic acids is 2. The van der Waals surface area contributed by atoms with Gasteiger partial charge in [-0.05, 0) is 66.2 Å². The van der Waals surface area contributed by atoms with Gasteiger partial charge < -0.3 is 15.3 Å². The summed E-state index contributed by atoms with van der Waals surface area (Å²) in [5.41, 5.74) is 1.67. The Morgan fingerprint density at radius 3 is 2.75 bits per heavy atom. The Morgan fingerprint density at radius 2 is 2.00 bits per heavy atom. The average Bonchev–Trinajstić information content (AvgIpc) is 3.18. The highest BCUT2D eigenvalue weighted by Gasteiger charge is 2.43. The number of benzene rings is 2. The molecule has 12 heteroatoms. The van der Waals surface area contributed by atoms with Crippen molar-refractivity contribution >= 4 is 68.7 Å². The third-order valence-corrected chi connectivity index (χ3v) is 6.30. The van der Waals surface area contributed by atoms with Crippen LogP contribution < -0.4 is 10.2 Å². The molecule has 186 valence electrons. The summed E-state index contributed by atoms with van der Waals surface area (Å²) in [6.45, 7) is -0.739. The summed E-state index contributed by atoms with van der Waals surface area (Å²) in [4.78, 5) is 33.5. The molecule has 7 nitrogen and oxygen atoms in total. The van der Waals surface area contributed by atoms with Gasteiger partial charge in [0.1, 0.15) is 0 Å². The Bertz CT molecular complexity index is 1390. The molecule has 0 radical (unpaired) electrons. The molecule has 1 aliphatic heterocycles. The molecule has 0 atom stereocenters. The minimum absolute atomic E-state index is 0.0523. The zero-order valence-corrected chi connectivity index (χ0v) is 20.0. The maximum atomic E-state index is 13.1. The molecule has 0 saturated carbocycles. The van der Waals surface area contributed by atoms with Gasteiger partial charge in [-0.1, -0.05) is 23.7 Å². The molecule has 0 aliphatic carbocycles. The van der Waals surface area contributed by atoms with Crippen molar-refractivity contribution in [2.75, 3.05) is 23.4 Å². The molecule has 4 rings (SSSR count). The van der Waals surface area contributed by atoms with Gasteiger partial charge in [-0.3, -0.25) is 14.6 Å². The number of amidine groups is 1. The number of fused-ring (bicyclic) bond motifs is 1. The van der Waals surface area contributed by atoms with E-state index in [4.69, 9.17) is 16.7 Å². The molecule has 0 fully saturated rings. The van der Waals surface area contributed by atoms with Crippen molar-refractivity contribution in [1.29, 1.82) is 0 Å². The topological polar surface area (TPSA) is 94.9 Å². The van der Waals surface area contributed by atoms with Crippen LogP contribution >= 0.6 is 23.4 Å². The second kappa shape index (κ2) is 10.7. The van der Waals surface area contributed by atoms with Crippen LogP contribution in [0.15, 0.2) is 64.6 Å². The minimum atomic E-state index is -5.10. The summed E-state index contributed by atoms with van der Waals surface area (Å²) >= 11 is 7.26. The summed E-state index contributed by atoms with van der Waals surface area (Å²) in [5, 5.41) is 13.1. The van der Waals surface area contributed by atoms with E-state index in [-0.39, 0.29) is 34.5 Å². The number of amides is 2. The van der Waals surface area contributed by atoms with Gasteiger partial charge in [-0.25, -0.2) is 0 Å². The number of aromatic nitrogens is 1. The number of nitrogens with one attached hydrogen (secondary N) is 1. The highest BCUT2D eigenvalue weighted by molar-refractivity contribution is 8.18. The fraction of sp³-hybridized carbons (Fsp3) is 0.167. The third-order valence-electron chi connectivity index (χ3n) is 5.08. The van der Waals surface area contributed by atoms with Gasteiger partial charge in [-0.2, -0.15) is 18.2 Å². The van der Waals surface area contributed by atoms with Crippen LogP contribution in [0.4, 0.5) is 24.5 Å². The van der Waals surface area contributed by atoms with Gasteiger partial charge in [-0.15, -0.1) is 0 Å². The highest BCUT2D eigenvalue weighted by Crippen LogP contribution is 2.34. The van der Waals surface area contributed by atoms with Crippen molar-refractivity contribution in [2.24, 2.45) is 4.99 Å². The fourth-order valence-electron chi connectivity index (χ4n) is 3.42. The smallest absolute Gasteiger partial charge is 0.396 e. The van der Waals surface area contributed by atoms with E-state index in [1.807, 2.05) is 30.3 Å². The number of aliphatic imine (C=N–C) groups is 1. The molecule has 2 aromatic carbocycles. The third kappa shape index (κ3) is 5.86. The summed E-state index contributed by atoms with van der Waals surface area (Å²) in [7, 11) is 0. The summed E-state index contributed by atoms with van der Waals surface area (Å²) in [6, 6.07) is 13.1. The Kier molecular flexibility index (Phi) is 7.62. The molecular formula is C24H18ClF3N4O3S. The number of rotatable bonds is 6. The SMILES string of the molecule is O=C1N=C(Nc2cc(N(CCCO)C(=O)C(F)(F)F)ccc2Cl)SC1=Cc1ccc2ncccc2c1. The molecule has 2 heterocycles. The van der Waals surface area contributed by atoms with Crippen LogP contribution in [0.1, 0.15) is 12.0 Å². The van der Waals surface area contributed by atoms with Gasteiger partial charge in [0.25, 0.3) is 5.91 Å². The standard InChI is InChI=1S/C24H18ClF3N4O3S/c25-17-6-5-16(32(9-2-10-33)22(35)24(26,27)28)13-19(17)30-23-31-21(34)20(36-23)12-14-4-7-18-15(11-14)3-1-8-29-18/h1,3-8,11-13,33H,2,9-10H2,(H,30,31,34). The van der Waals surface area contributed by atoms with E-state index in [1.54, 1.807) is 12.3 Å². The fourth-order valence-corrected chi connectivity index (χ4v) is 4.41. The molecule has 2 amide bonds. The second-order valence-electron chi connectivity index (χ2n) is 7.61. The van der Waals surface area contributed by atoms with Crippen molar-refractivity contribution in [3.05, 3.63) is 70.2 Å². The number of aliphatic hydroxyl groups is 1. The van der Waals surface area contributed by atoms with E-state index in [0.717, 1.165) is 28.2 Å². The molecule has 0 saturated heterocycles. The van der Waals surface area contributed by atoms with E-state index >= 15 is 0 Å². The lowest BCUT2D eigenvalue weighted by Crippen LogP contribution is -2.42. The zero-order valence-electron chi connectivity index (χ0n) is 18.4. The maximum Gasteiger partial charge on any atom is 0.471 e. The largest absolute Gasteiger partial charge is 0.471 e. The Morgan fingerprint density at radius 1 is 1.19 bits per heavy atom. The molecule has 1 aliphatic rings. The number of carbonyl (C=O) groups is 2. The van der Waals surface area contributed by atoms with Crippen LogP contribution in [0.25, 0.3) is 17.0 Å². The molecule has 0 unspecified atom stereocenters. The van der Waals surface area contributed by atoms with Gasteiger partial charge in [0.05, 0.1) is 21.1 Å². The van der Waals surface area contributed by atoms with Gasteiger partial charge in [0, 0.05) is 30.4 Å². The highest BCUT2D eigenvalue weighted by atomic mass is 35.5. The van der Waals surface area contributed by atoms with Crippen LogP contribution in [0, 0.1) is 0 Å². The van der Waals surface area contributed by atoms with E-state index in [2.05, 4.69) is 15.3 Å². The number of halogens is 4.